The smallest absolute Gasteiger partial charge is 0.225 e. The molecule has 170 valence electrons. The van der Waals surface area contributed by atoms with Crippen LogP contribution < -0.4 is 20.7 Å². The third kappa shape index (κ3) is 6.06. The number of aliphatic imine (C=N–C) groups is 1. The van der Waals surface area contributed by atoms with Gasteiger partial charge in [0.05, 0.1) is 6.54 Å². The lowest BCUT2D eigenvalue weighted by molar-refractivity contribution is -0.116. The minimum Gasteiger partial charge on any atom is -0.439 e. The van der Waals surface area contributed by atoms with Gasteiger partial charge in [0.25, 0.3) is 0 Å². The Balaban J connectivity index is 1.36. The summed E-state index contributed by atoms with van der Waals surface area (Å²) >= 11 is 0. The Morgan fingerprint density at radius 3 is 2.73 bits per heavy atom. The van der Waals surface area contributed by atoms with Gasteiger partial charge >= 0.3 is 0 Å². The van der Waals surface area contributed by atoms with Gasteiger partial charge in [-0.1, -0.05) is 24.3 Å². The highest BCUT2D eigenvalue weighted by Crippen LogP contribution is 2.31. The number of rotatable bonds is 7. The number of hydrogen-bond donors (Lipinski definition) is 3. The topological polar surface area (TPSA) is 87.6 Å². The van der Waals surface area contributed by atoms with E-state index in [4.69, 9.17) is 4.74 Å². The van der Waals surface area contributed by atoms with E-state index < -0.39 is 0 Å². The lowest BCUT2D eigenvalue weighted by atomic mass is 9.90. The van der Waals surface area contributed by atoms with E-state index in [1.807, 2.05) is 37.3 Å². The summed E-state index contributed by atoms with van der Waals surface area (Å²) in [7, 11) is 0. The van der Waals surface area contributed by atoms with Crippen LogP contribution in [-0.4, -0.2) is 29.9 Å². The van der Waals surface area contributed by atoms with Gasteiger partial charge in [-0.05, 0) is 48.4 Å². The molecule has 0 fully saturated rings. The minimum absolute atomic E-state index is 0.0245. The predicted molar refractivity (Wildman–Crippen MR) is 126 cm³/mol. The van der Waals surface area contributed by atoms with Crippen LogP contribution in [0.5, 0.6) is 11.6 Å². The number of para-hydroxylation sites is 1. The second kappa shape index (κ2) is 10.6. The number of halogens is 1. The fraction of sp³-hybridized carbons (Fsp3) is 0.240. The van der Waals surface area contributed by atoms with Crippen molar-refractivity contribution in [3.63, 3.8) is 0 Å². The van der Waals surface area contributed by atoms with E-state index in [0.717, 1.165) is 23.4 Å². The molecular formula is C25H26FN5O2. The molecule has 33 heavy (non-hydrogen) atoms. The van der Waals surface area contributed by atoms with Crippen LogP contribution in [0.25, 0.3) is 0 Å². The number of anilines is 1. The maximum atomic E-state index is 13.0. The van der Waals surface area contributed by atoms with Crippen LogP contribution in [0.1, 0.15) is 30.4 Å². The van der Waals surface area contributed by atoms with Gasteiger partial charge in [0.15, 0.2) is 5.96 Å². The van der Waals surface area contributed by atoms with E-state index >= 15 is 0 Å². The van der Waals surface area contributed by atoms with Gasteiger partial charge in [0.2, 0.25) is 11.8 Å². The molecule has 3 aromatic rings. The van der Waals surface area contributed by atoms with E-state index in [-0.39, 0.29) is 17.6 Å². The minimum atomic E-state index is -0.315. The number of carbonyl (C=O) groups excluding carboxylic acids is 1. The zero-order valence-corrected chi connectivity index (χ0v) is 18.3. The Labute approximate surface area is 192 Å². The van der Waals surface area contributed by atoms with Crippen LogP contribution in [0.4, 0.5) is 10.1 Å². The standard InChI is InChI=1S/C25H26FN5O2/c1-2-27-25(30-16-18-13-23(32)31-22-6-4-3-5-21(18)22)29-15-17-7-12-24(28-14-17)33-20-10-8-19(26)9-11-20/h3-12,14,18H,2,13,15-16H2,1H3,(H,31,32)(H2,27,29,30). The Morgan fingerprint density at radius 1 is 1.15 bits per heavy atom. The lowest BCUT2D eigenvalue weighted by Crippen LogP contribution is -2.40. The molecule has 0 radical (unpaired) electrons. The molecular weight excluding hydrogens is 421 g/mol. The summed E-state index contributed by atoms with van der Waals surface area (Å²) < 4.78 is 18.6. The van der Waals surface area contributed by atoms with Crippen molar-refractivity contribution in [1.29, 1.82) is 0 Å². The molecule has 8 heteroatoms. The maximum Gasteiger partial charge on any atom is 0.225 e. The summed E-state index contributed by atoms with van der Waals surface area (Å²) in [5.74, 6) is 1.40. The highest BCUT2D eigenvalue weighted by Gasteiger charge is 2.24. The molecule has 1 aliphatic heterocycles. The molecule has 0 saturated heterocycles. The number of carbonyl (C=O) groups is 1. The molecule has 1 atom stereocenters. The van der Waals surface area contributed by atoms with E-state index in [9.17, 15) is 9.18 Å². The van der Waals surface area contributed by atoms with Crippen molar-refractivity contribution in [3.8, 4) is 11.6 Å². The van der Waals surface area contributed by atoms with Gasteiger partial charge in [-0.2, -0.15) is 0 Å². The number of fused-ring (bicyclic) bond motifs is 1. The number of pyridine rings is 1. The number of benzene rings is 2. The summed E-state index contributed by atoms with van der Waals surface area (Å²) in [6.07, 6.45) is 2.14. The van der Waals surface area contributed by atoms with Crippen molar-refractivity contribution in [2.75, 3.05) is 18.4 Å². The second-order valence-electron chi connectivity index (χ2n) is 7.67. The van der Waals surface area contributed by atoms with Crippen LogP contribution in [0.3, 0.4) is 0 Å². The molecule has 2 heterocycles. The first-order valence-corrected chi connectivity index (χ1v) is 10.9. The summed E-state index contributed by atoms with van der Waals surface area (Å²) in [5, 5.41) is 9.52. The number of aromatic nitrogens is 1. The third-order valence-corrected chi connectivity index (χ3v) is 5.22. The molecule has 1 aromatic heterocycles. The molecule has 1 amide bonds. The average molecular weight is 448 g/mol. The highest BCUT2D eigenvalue weighted by molar-refractivity contribution is 5.94. The molecule has 1 aliphatic rings. The number of amides is 1. The first kappa shape index (κ1) is 22.3. The van der Waals surface area contributed by atoms with Crippen LogP contribution in [0, 0.1) is 5.82 Å². The Kier molecular flexibility index (Phi) is 7.14. The van der Waals surface area contributed by atoms with Gasteiger partial charge in [-0.25, -0.2) is 14.4 Å². The zero-order chi connectivity index (χ0) is 23.0. The van der Waals surface area contributed by atoms with Gasteiger partial charge in [0, 0.05) is 43.4 Å². The molecule has 0 saturated carbocycles. The molecule has 7 nitrogen and oxygen atoms in total. The predicted octanol–water partition coefficient (Wildman–Crippen LogP) is 4.19. The number of nitrogens with zero attached hydrogens (tertiary/aromatic N) is 2. The molecule has 0 spiro atoms. The number of hydrogen-bond acceptors (Lipinski definition) is 4. The zero-order valence-electron chi connectivity index (χ0n) is 18.3. The molecule has 1 unspecified atom stereocenters. The van der Waals surface area contributed by atoms with Gasteiger partial charge in [0.1, 0.15) is 11.6 Å². The Hall–Kier alpha value is -3.94. The van der Waals surface area contributed by atoms with Gasteiger partial charge in [-0.15, -0.1) is 0 Å². The van der Waals surface area contributed by atoms with Crippen molar-refractivity contribution in [2.24, 2.45) is 4.99 Å². The van der Waals surface area contributed by atoms with Crippen LogP contribution in [-0.2, 0) is 11.3 Å². The van der Waals surface area contributed by atoms with Crippen molar-refractivity contribution in [2.45, 2.75) is 25.8 Å². The largest absolute Gasteiger partial charge is 0.439 e. The van der Waals surface area contributed by atoms with Crippen LogP contribution >= 0.6 is 0 Å². The summed E-state index contributed by atoms with van der Waals surface area (Å²) in [6, 6.07) is 17.3. The second-order valence-corrected chi connectivity index (χ2v) is 7.67. The summed E-state index contributed by atoms with van der Waals surface area (Å²) in [5.41, 5.74) is 2.92. The lowest BCUT2D eigenvalue weighted by Gasteiger charge is -2.26. The first-order valence-electron chi connectivity index (χ1n) is 10.9. The molecule has 0 bridgehead atoms. The monoisotopic (exact) mass is 447 g/mol. The Morgan fingerprint density at radius 2 is 1.97 bits per heavy atom. The van der Waals surface area contributed by atoms with Crippen LogP contribution in [0.15, 0.2) is 71.9 Å². The van der Waals surface area contributed by atoms with Crippen LogP contribution in [0.2, 0.25) is 0 Å². The molecule has 3 N–H and O–H groups in total. The third-order valence-electron chi connectivity index (χ3n) is 5.22. The fourth-order valence-corrected chi connectivity index (χ4v) is 3.60. The normalized spacial score (nSPS) is 15.4. The van der Waals surface area contributed by atoms with Gasteiger partial charge < -0.3 is 20.7 Å². The Bertz CT molecular complexity index is 1120. The van der Waals surface area contributed by atoms with Crippen molar-refractivity contribution in [1.82, 2.24) is 15.6 Å². The summed E-state index contributed by atoms with van der Waals surface area (Å²) in [4.78, 5) is 21.0. The van der Waals surface area contributed by atoms with E-state index in [1.165, 1.54) is 12.1 Å². The van der Waals surface area contributed by atoms with Crippen molar-refractivity contribution in [3.05, 3.63) is 83.8 Å². The summed E-state index contributed by atoms with van der Waals surface area (Å²) in [6.45, 7) is 3.75. The SMILES string of the molecule is CCNC(=NCc1ccc(Oc2ccc(F)cc2)nc1)NCC1CC(=O)Nc2ccccc21. The van der Waals surface area contributed by atoms with E-state index in [0.29, 0.717) is 37.1 Å². The van der Waals surface area contributed by atoms with Crippen molar-refractivity contribution < 1.29 is 13.9 Å². The first-order chi connectivity index (χ1) is 16.1. The molecule has 2 aromatic carbocycles. The van der Waals surface area contributed by atoms with Crippen molar-refractivity contribution >= 4 is 17.6 Å². The fourth-order valence-electron chi connectivity index (χ4n) is 3.60. The highest BCUT2D eigenvalue weighted by atomic mass is 19.1. The van der Waals surface area contributed by atoms with E-state index in [2.05, 4.69) is 25.9 Å². The molecule has 4 rings (SSSR count). The maximum absolute atomic E-state index is 13.0. The van der Waals surface area contributed by atoms with E-state index in [1.54, 1.807) is 24.4 Å². The van der Waals surface area contributed by atoms with Gasteiger partial charge in [-0.3, -0.25) is 4.79 Å². The number of ether oxygens (including phenoxy) is 1. The number of nitrogens with one attached hydrogen (secondary N) is 3. The average Bonchev–Trinajstić information content (AvgIpc) is 2.83. The quantitative estimate of drug-likeness (QED) is 0.373. The number of guanidine groups is 1. The molecule has 0 aliphatic carbocycles.